The summed E-state index contributed by atoms with van der Waals surface area (Å²) >= 11 is 0. The number of hydrogen-bond acceptors (Lipinski definition) is 8. The minimum Gasteiger partial charge on any atom is -0.493 e. The molecule has 1 atom stereocenters. The van der Waals surface area contributed by atoms with Gasteiger partial charge in [-0.2, -0.15) is 4.31 Å². The lowest BCUT2D eigenvalue weighted by Gasteiger charge is -2.36. The third-order valence-corrected chi connectivity index (χ3v) is 9.31. The van der Waals surface area contributed by atoms with Gasteiger partial charge in [-0.1, -0.05) is 13.8 Å². The molecule has 12 nitrogen and oxygen atoms in total. The van der Waals surface area contributed by atoms with Gasteiger partial charge in [0.15, 0.2) is 11.3 Å². The van der Waals surface area contributed by atoms with E-state index in [0.717, 1.165) is 38.8 Å². The molecule has 6 rings (SSSR count). The third kappa shape index (κ3) is 4.09. The molecule has 2 saturated heterocycles. The van der Waals surface area contributed by atoms with Crippen molar-refractivity contribution in [1.29, 1.82) is 0 Å². The summed E-state index contributed by atoms with van der Waals surface area (Å²) in [6, 6.07) is 5.21. The minimum absolute atomic E-state index is 0.196. The number of nitrogens with one attached hydrogen (secondary N) is 1. The van der Waals surface area contributed by atoms with Gasteiger partial charge in [-0.25, -0.2) is 22.6 Å². The van der Waals surface area contributed by atoms with Crippen molar-refractivity contribution in [3.8, 4) is 17.1 Å². The van der Waals surface area contributed by atoms with Crippen molar-refractivity contribution in [2.24, 2.45) is 0 Å². The molecule has 0 amide bonds. The first-order valence-corrected chi connectivity index (χ1v) is 14.7. The summed E-state index contributed by atoms with van der Waals surface area (Å²) in [5.41, 5.74) is 1.60. The lowest BCUT2D eigenvalue weighted by Crippen LogP contribution is -2.51. The molecule has 202 valence electrons. The molecule has 2 aliphatic rings. The summed E-state index contributed by atoms with van der Waals surface area (Å²) in [5, 5.41) is 8.04. The maximum Gasteiger partial charge on any atom is 0.336 e. The number of aromatic amines is 1. The fourth-order valence-electron chi connectivity index (χ4n) is 5.56. The highest BCUT2D eigenvalue weighted by atomic mass is 32.2. The molecule has 4 aromatic rings. The predicted molar refractivity (Wildman–Crippen MR) is 142 cm³/mol. The van der Waals surface area contributed by atoms with Gasteiger partial charge in [0.2, 0.25) is 10.0 Å². The first kappa shape index (κ1) is 25.0. The van der Waals surface area contributed by atoms with Gasteiger partial charge in [-0.3, -0.25) is 9.47 Å². The molecule has 0 spiro atoms. The molecule has 2 fully saturated rings. The molecule has 1 aromatic carbocycles. The largest absolute Gasteiger partial charge is 0.493 e. The van der Waals surface area contributed by atoms with E-state index in [1.54, 1.807) is 27.1 Å². The van der Waals surface area contributed by atoms with Crippen molar-refractivity contribution in [3.63, 3.8) is 0 Å². The number of sulfonamides is 1. The second kappa shape index (κ2) is 9.79. The van der Waals surface area contributed by atoms with Crippen molar-refractivity contribution in [1.82, 2.24) is 38.3 Å². The summed E-state index contributed by atoms with van der Waals surface area (Å²) in [6.45, 7) is 7.70. The second-order valence-electron chi connectivity index (χ2n) is 9.94. The number of ether oxygens (including phenoxy) is 1. The number of fused-ring (bicyclic) bond motifs is 4. The number of rotatable bonds is 8. The molecular weight excluding hydrogens is 508 g/mol. The lowest BCUT2D eigenvalue weighted by molar-refractivity contribution is 0.158. The summed E-state index contributed by atoms with van der Waals surface area (Å²) in [4.78, 5) is 23.7. The van der Waals surface area contributed by atoms with E-state index in [1.165, 1.54) is 10.7 Å². The molecule has 0 saturated carbocycles. The predicted octanol–water partition coefficient (Wildman–Crippen LogP) is 2.10. The van der Waals surface area contributed by atoms with Gasteiger partial charge in [-0.15, -0.1) is 10.2 Å². The number of H-pyrrole nitrogens is 1. The van der Waals surface area contributed by atoms with Gasteiger partial charge in [0.1, 0.15) is 23.4 Å². The fourth-order valence-corrected chi connectivity index (χ4v) is 7.05. The van der Waals surface area contributed by atoms with Crippen LogP contribution in [-0.2, 0) is 16.6 Å². The van der Waals surface area contributed by atoms with Crippen molar-refractivity contribution in [2.45, 2.75) is 57.0 Å². The van der Waals surface area contributed by atoms with Crippen LogP contribution in [0.1, 0.15) is 39.5 Å². The molecule has 1 N–H and O–H groups in total. The van der Waals surface area contributed by atoms with Gasteiger partial charge in [-0.05, 0) is 50.4 Å². The average Bonchev–Trinajstić information content (AvgIpc) is 3.68. The van der Waals surface area contributed by atoms with Crippen LogP contribution < -0.4 is 10.4 Å². The number of piperazine rings is 1. The van der Waals surface area contributed by atoms with E-state index < -0.39 is 10.0 Å². The Bertz CT molecular complexity index is 1660. The number of imidazole rings is 1. The Hall–Kier alpha value is -3.29. The Balaban J connectivity index is 1.47. The quantitative estimate of drug-likeness (QED) is 0.360. The van der Waals surface area contributed by atoms with E-state index in [9.17, 15) is 13.2 Å². The van der Waals surface area contributed by atoms with Crippen LogP contribution in [-0.4, -0.2) is 85.6 Å². The fraction of sp³-hybridized carbons (Fsp3) is 0.520. The van der Waals surface area contributed by atoms with Crippen molar-refractivity contribution >= 4 is 26.8 Å². The van der Waals surface area contributed by atoms with Crippen LogP contribution in [0.25, 0.3) is 28.2 Å². The smallest absolute Gasteiger partial charge is 0.336 e. The Morgan fingerprint density at radius 2 is 2.00 bits per heavy atom. The molecule has 2 aliphatic heterocycles. The number of aryl methyl sites for hydroxylation is 1. The SMILES string of the molecule is CCCOc1ccc(S(=O)(=O)N2CCN3CCC[C@H]3C2)cc1-c1nc2c([nH]1)c1nncn1c(=O)n2CCC. The van der Waals surface area contributed by atoms with Gasteiger partial charge < -0.3 is 9.72 Å². The number of aromatic nitrogens is 6. The molecule has 13 heteroatoms. The number of nitrogens with zero attached hydrogens (tertiary/aromatic N) is 7. The number of hydrogen-bond donors (Lipinski definition) is 1. The standard InChI is InChI=1S/C25H32N8O4S/c1-3-9-32-23-21(24-29-26-16-33(24)25(32)34)27-22(28-23)19-14-18(7-8-20(19)37-13-4-2)38(35,36)31-12-11-30-10-5-6-17(30)15-31/h7-8,14,16-17H,3-6,9-13,15H2,1-2H3,(H,27,28)/t17-/m0/s1. The average molecular weight is 541 g/mol. The Labute approximate surface area is 220 Å². The highest BCUT2D eigenvalue weighted by Gasteiger charge is 2.36. The molecule has 38 heavy (non-hydrogen) atoms. The van der Waals surface area contributed by atoms with Gasteiger partial charge in [0, 0.05) is 32.2 Å². The molecular formula is C25H32N8O4S. The van der Waals surface area contributed by atoms with E-state index in [1.807, 2.05) is 13.8 Å². The van der Waals surface area contributed by atoms with Crippen LogP contribution in [0.3, 0.4) is 0 Å². The first-order chi connectivity index (χ1) is 18.4. The summed E-state index contributed by atoms with van der Waals surface area (Å²) in [5.74, 6) is 0.927. The molecule has 0 unspecified atom stereocenters. The van der Waals surface area contributed by atoms with Gasteiger partial charge in [0.25, 0.3) is 0 Å². The van der Waals surface area contributed by atoms with Crippen LogP contribution in [0, 0.1) is 0 Å². The van der Waals surface area contributed by atoms with Crippen LogP contribution in [0.2, 0.25) is 0 Å². The zero-order valence-electron chi connectivity index (χ0n) is 21.6. The number of benzene rings is 1. The Kier molecular flexibility index (Phi) is 6.44. The molecule has 0 radical (unpaired) electrons. The van der Waals surface area contributed by atoms with E-state index in [4.69, 9.17) is 9.72 Å². The third-order valence-electron chi connectivity index (χ3n) is 7.45. The maximum atomic E-state index is 13.7. The van der Waals surface area contributed by atoms with E-state index in [0.29, 0.717) is 60.2 Å². The summed E-state index contributed by atoms with van der Waals surface area (Å²) < 4.78 is 38.1. The van der Waals surface area contributed by atoms with E-state index in [-0.39, 0.29) is 16.6 Å². The topological polar surface area (TPSA) is 131 Å². The Morgan fingerprint density at radius 3 is 2.82 bits per heavy atom. The van der Waals surface area contributed by atoms with Gasteiger partial charge >= 0.3 is 5.69 Å². The monoisotopic (exact) mass is 540 g/mol. The van der Waals surface area contributed by atoms with E-state index >= 15 is 0 Å². The summed E-state index contributed by atoms with van der Waals surface area (Å²) in [7, 11) is -3.72. The zero-order valence-corrected chi connectivity index (χ0v) is 22.4. The molecule has 0 aliphatic carbocycles. The molecule has 3 aromatic heterocycles. The van der Waals surface area contributed by atoms with Crippen molar-refractivity contribution < 1.29 is 13.2 Å². The summed E-state index contributed by atoms with van der Waals surface area (Å²) in [6.07, 6.45) is 5.05. The highest BCUT2D eigenvalue weighted by molar-refractivity contribution is 7.89. The first-order valence-electron chi connectivity index (χ1n) is 13.3. The van der Waals surface area contributed by atoms with Crippen LogP contribution in [0.15, 0.2) is 34.2 Å². The normalized spacial score (nSPS) is 18.9. The van der Waals surface area contributed by atoms with Gasteiger partial charge in [0.05, 0.1) is 17.1 Å². The highest BCUT2D eigenvalue weighted by Crippen LogP contribution is 2.34. The minimum atomic E-state index is -3.72. The Morgan fingerprint density at radius 1 is 1.13 bits per heavy atom. The van der Waals surface area contributed by atoms with Crippen molar-refractivity contribution in [3.05, 3.63) is 35.0 Å². The lowest BCUT2D eigenvalue weighted by atomic mass is 10.2. The van der Waals surface area contributed by atoms with Crippen LogP contribution in [0.5, 0.6) is 5.75 Å². The molecule has 5 heterocycles. The van der Waals surface area contributed by atoms with Crippen molar-refractivity contribution in [2.75, 3.05) is 32.8 Å². The van der Waals surface area contributed by atoms with E-state index in [2.05, 4.69) is 20.1 Å². The van der Waals surface area contributed by atoms with Crippen LogP contribution in [0.4, 0.5) is 0 Å². The molecule has 0 bridgehead atoms. The maximum absolute atomic E-state index is 13.7. The van der Waals surface area contributed by atoms with Crippen LogP contribution >= 0.6 is 0 Å². The zero-order chi connectivity index (χ0) is 26.4. The second-order valence-corrected chi connectivity index (χ2v) is 11.9.